The Morgan fingerprint density at radius 3 is 2.24 bits per heavy atom. The molecule has 0 aliphatic carbocycles. The highest BCUT2D eigenvalue weighted by molar-refractivity contribution is 7.90. The Bertz CT molecular complexity index is 1080. The maximum Gasteiger partial charge on any atom is 0.263 e. The van der Waals surface area contributed by atoms with Gasteiger partial charge in [0, 0.05) is 21.7 Å². The van der Waals surface area contributed by atoms with Crippen molar-refractivity contribution in [2.24, 2.45) is 4.99 Å². The molecule has 6 nitrogen and oxygen atoms in total. The fourth-order valence-corrected chi connectivity index (χ4v) is 5.78. The van der Waals surface area contributed by atoms with Crippen molar-refractivity contribution in [3.05, 3.63) is 74.6 Å². The molecule has 1 aromatic carbocycles. The molecule has 0 bridgehead atoms. The van der Waals surface area contributed by atoms with Crippen LogP contribution in [0.15, 0.2) is 69.2 Å². The van der Waals surface area contributed by atoms with Gasteiger partial charge in [-0.1, -0.05) is 24.3 Å². The second-order valence-electron chi connectivity index (χ2n) is 6.49. The van der Waals surface area contributed by atoms with E-state index in [1.54, 1.807) is 46.9 Å². The van der Waals surface area contributed by atoms with Crippen LogP contribution in [0.25, 0.3) is 0 Å². The van der Waals surface area contributed by atoms with Crippen molar-refractivity contribution in [3.63, 3.8) is 0 Å². The summed E-state index contributed by atoms with van der Waals surface area (Å²) in [6.45, 7) is 1.33. The van der Waals surface area contributed by atoms with Crippen molar-refractivity contribution in [2.75, 3.05) is 6.54 Å². The maximum atomic E-state index is 12.9. The third kappa shape index (κ3) is 4.58. The van der Waals surface area contributed by atoms with Crippen LogP contribution in [0.5, 0.6) is 0 Å². The van der Waals surface area contributed by atoms with E-state index < -0.39 is 10.0 Å². The van der Waals surface area contributed by atoms with Gasteiger partial charge in [0.15, 0.2) is 0 Å². The first-order chi connectivity index (χ1) is 14.0. The molecule has 1 amide bonds. The van der Waals surface area contributed by atoms with E-state index in [-0.39, 0.29) is 23.8 Å². The van der Waals surface area contributed by atoms with Gasteiger partial charge in [-0.2, -0.15) is 0 Å². The summed E-state index contributed by atoms with van der Waals surface area (Å²) in [4.78, 5) is 21.5. The van der Waals surface area contributed by atoms with E-state index in [9.17, 15) is 13.2 Å². The van der Waals surface area contributed by atoms with Crippen molar-refractivity contribution >= 4 is 44.4 Å². The quantitative estimate of drug-likeness (QED) is 0.605. The summed E-state index contributed by atoms with van der Waals surface area (Å²) in [5.74, 6) is 0.293. The molecule has 0 atom stereocenters. The maximum absolute atomic E-state index is 12.9. The van der Waals surface area contributed by atoms with E-state index in [0.717, 1.165) is 9.75 Å². The Labute approximate surface area is 177 Å². The lowest BCUT2D eigenvalue weighted by atomic mass is 10.2. The number of amidine groups is 1. The molecule has 1 N–H and O–H groups in total. The topological polar surface area (TPSA) is 78.8 Å². The summed E-state index contributed by atoms with van der Waals surface area (Å²) in [6, 6.07) is 14.7. The van der Waals surface area contributed by atoms with Gasteiger partial charge in [-0.15, -0.1) is 22.7 Å². The van der Waals surface area contributed by atoms with Crippen LogP contribution in [-0.2, 0) is 27.9 Å². The van der Waals surface area contributed by atoms with Crippen LogP contribution >= 0.6 is 22.7 Å². The predicted octanol–water partition coefficient (Wildman–Crippen LogP) is 3.47. The number of carbonyl (C=O) groups excluding carboxylic acids is 1. The number of fused-ring (bicyclic) bond motifs is 1. The Hall–Kier alpha value is -2.49. The second-order valence-corrected chi connectivity index (χ2v) is 10.2. The van der Waals surface area contributed by atoms with Crippen molar-refractivity contribution in [2.45, 2.75) is 24.4 Å². The van der Waals surface area contributed by atoms with Gasteiger partial charge in [0.05, 0.1) is 24.5 Å². The molecule has 0 unspecified atom stereocenters. The molecule has 0 radical (unpaired) electrons. The molecular weight excluding hydrogens is 426 g/mol. The van der Waals surface area contributed by atoms with Gasteiger partial charge in [-0.25, -0.2) is 8.42 Å². The van der Waals surface area contributed by atoms with E-state index >= 15 is 0 Å². The standard InChI is InChI=1S/C20H19N3O3S3/c24-19(23(13-15-5-3-11-27-15)14-16-6-4-12-28-16)9-10-21-20-17-7-1-2-8-18(17)29(25,26)22-20/h1-8,11-12H,9-10,13-14H2,(H,21,22). The number of carbonyl (C=O) groups is 1. The van der Waals surface area contributed by atoms with E-state index in [1.807, 2.05) is 39.9 Å². The zero-order valence-corrected chi connectivity index (χ0v) is 17.9. The molecule has 9 heteroatoms. The molecule has 1 aliphatic rings. The van der Waals surface area contributed by atoms with Crippen LogP contribution < -0.4 is 4.72 Å². The lowest BCUT2D eigenvalue weighted by Gasteiger charge is -2.21. The number of benzene rings is 1. The van der Waals surface area contributed by atoms with Gasteiger partial charge in [-0.05, 0) is 35.0 Å². The molecular formula is C20H19N3O3S3. The number of hydrogen-bond donors (Lipinski definition) is 1. The van der Waals surface area contributed by atoms with E-state index in [1.165, 1.54) is 0 Å². The number of thiophene rings is 2. The molecule has 3 heterocycles. The first-order valence-corrected chi connectivity index (χ1v) is 12.3. The zero-order valence-electron chi connectivity index (χ0n) is 15.4. The van der Waals surface area contributed by atoms with Gasteiger partial charge < -0.3 is 4.90 Å². The Balaban J connectivity index is 1.45. The Morgan fingerprint density at radius 2 is 1.62 bits per heavy atom. The molecule has 29 heavy (non-hydrogen) atoms. The summed E-state index contributed by atoms with van der Waals surface area (Å²) in [5.41, 5.74) is 0.550. The monoisotopic (exact) mass is 445 g/mol. The van der Waals surface area contributed by atoms with Gasteiger partial charge in [-0.3, -0.25) is 14.5 Å². The van der Waals surface area contributed by atoms with Gasteiger partial charge >= 0.3 is 0 Å². The number of aliphatic imine (C=N–C) groups is 1. The van der Waals surface area contributed by atoms with Crippen molar-refractivity contribution in [1.29, 1.82) is 0 Å². The summed E-state index contributed by atoms with van der Waals surface area (Å²) in [6.07, 6.45) is 0.212. The number of hydrogen-bond acceptors (Lipinski definition) is 6. The average Bonchev–Trinajstić information content (AvgIpc) is 3.44. The largest absolute Gasteiger partial charge is 0.332 e. The number of nitrogens with one attached hydrogen (secondary N) is 1. The zero-order chi connectivity index (χ0) is 20.3. The minimum atomic E-state index is -3.56. The fourth-order valence-electron chi connectivity index (χ4n) is 3.09. The first kappa shape index (κ1) is 19.8. The van der Waals surface area contributed by atoms with Gasteiger partial charge in [0.1, 0.15) is 5.84 Å². The minimum Gasteiger partial charge on any atom is -0.332 e. The molecule has 4 rings (SSSR count). The number of sulfonamides is 1. The molecule has 150 valence electrons. The van der Waals surface area contributed by atoms with Crippen molar-refractivity contribution < 1.29 is 13.2 Å². The van der Waals surface area contributed by atoms with Crippen LogP contribution in [0, 0.1) is 0 Å². The molecule has 3 aromatic rings. The van der Waals surface area contributed by atoms with Gasteiger partial charge in [0.2, 0.25) is 5.91 Å². The number of rotatable bonds is 7. The van der Waals surface area contributed by atoms with E-state index in [4.69, 9.17) is 0 Å². The predicted molar refractivity (Wildman–Crippen MR) is 116 cm³/mol. The van der Waals surface area contributed by atoms with Crippen LogP contribution in [0.4, 0.5) is 0 Å². The van der Waals surface area contributed by atoms with Crippen molar-refractivity contribution in [1.82, 2.24) is 9.62 Å². The van der Waals surface area contributed by atoms with Crippen LogP contribution in [-0.4, -0.2) is 31.6 Å². The van der Waals surface area contributed by atoms with E-state index in [2.05, 4.69) is 9.71 Å². The fraction of sp³-hybridized carbons (Fsp3) is 0.200. The molecule has 2 aromatic heterocycles. The summed E-state index contributed by atoms with van der Waals surface area (Å²) in [7, 11) is -3.56. The van der Waals surface area contributed by atoms with Crippen LogP contribution in [0.3, 0.4) is 0 Å². The molecule has 0 fully saturated rings. The minimum absolute atomic E-state index is 0.00899. The second kappa shape index (κ2) is 8.48. The Kier molecular flexibility index (Phi) is 5.79. The Morgan fingerprint density at radius 1 is 0.966 bits per heavy atom. The smallest absolute Gasteiger partial charge is 0.263 e. The van der Waals surface area contributed by atoms with Crippen molar-refractivity contribution in [3.8, 4) is 0 Å². The number of amides is 1. The molecule has 1 aliphatic heterocycles. The lowest BCUT2D eigenvalue weighted by Crippen LogP contribution is -2.30. The summed E-state index contributed by atoms with van der Waals surface area (Å²) in [5, 5.41) is 4.00. The molecule has 0 saturated carbocycles. The lowest BCUT2D eigenvalue weighted by molar-refractivity contribution is -0.132. The highest BCUT2D eigenvalue weighted by Gasteiger charge is 2.30. The van der Waals surface area contributed by atoms with Crippen LogP contribution in [0.1, 0.15) is 21.7 Å². The first-order valence-electron chi connectivity index (χ1n) is 9.02. The van der Waals surface area contributed by atoms with Crippen LogP contribution in [0.2, 0.25) is 0 Å². The highest BCUT2D eigenvalue weighted by Crippen LogP contribution is 2.22. The third-order valence-corrected chi connectivity index (χ3v) is 7.58. The van der Waals surface area contributed by atoms with Gasteiger partial charge in [0.25, 0.3) is 10.0 Å². The summed E-state index contributed by atoms with van der Waals surface area (Å²) >= 11 is 3.25. The summed E-state index contributed by atoms with van der Waals surface area (Å²) < 4.78 is 26.8. The molecule has 0 saturated heterocycles. The highest BCUT2D eigenvalue weighted by atomic mass is 32.2. The normalized spacial score (nSPS) is 15.8. The SMILES string of the molecule is O=C(CCN=C1NS(=O)(=O)c2ccccc21)N(Cc1cccs1)Cc1cccs1. The molecule has 0 spiro atoms. The average molecular weight is 446 g/mol. The van der Waals surface area contributed by atoms with E-state index in [0.29, 0.717) is 24.5 Å². The third-order valence-electron chi connectivity index (χ3n) is 4.46. The number of nitrogens with zero attached hydrogens (tertiary/aromatic N) is 2.